The van der Waals surface area contributed by atoms with Crippen LogP contribution in [0.1, 0.15) is 25.8 Å². The molecular weight excluding hydrogens is 276 g/mol. The average molecular weight is 301 g/mol. The van der Waals surface area contributed by atoms with Crippen LogP contribution in [0.25, 0.3) is 0 Å². The third-order valence-electron chi connectivity index (χ3n) is 3.27. The van der Waals surface area contributed by atoms with Crippen molar-refractivity contribution in [1.82, 2.24) is 4.90 Å². The number of hydrogen-bond donors (Lipinski definition) is 1. The molecule has 0 radical (unpaired) electrons. The fourth-order valence-electron chi connectivity index (χ4n) is 1.92. The Morgan fingerprint density at radius 2 is 1.95 bits per heavy atom. The number of ether oxygens (including phenoxy) is 1. The third-order valence-corrected chi connectivity index (χ3v) is 3.27. The SMILES string of the molecule is CCC(C)N(Cc1ccccc1)C(=O)C(N)COC.Cl. The average Bonchev–Trinajstić information content (AvgIpc) is 2.44. The molecule has 0 heterocycles. The molecular formula is C15H25ClN2O2. The van der Waals surface area contributed by atoms with E-state index in [1.54, 1.807) is 7.11 Å². The van der Waals surface area contributed by atoms with Crippen molar-refractivity contribution in [2.45, 2.75) is 38.9 Å². The minimum absolute atomic E-state index is 0. The van der Waals surface area contributed by atoms with Gasteiger partial charge in [-0.25, -0.2) is 0 Å². The van der Waals surface area contributed by atoms with Crippen LogP contribution in [-0.4, -0.2) is 36.6 Å². The van der Waals surface area contributed by atoms with E-state index in [1.165, 1.54) is 0 Å². The molecule has 0 bridgehead atoms. The maximum atomic E-state index is 12.4. The zero-order valence-corrected chi connectivity index (χ0v) is 13.2. The van der Waals surface area contributed by atoms with Gasteiger partial charge in [-0.1, -0.05) is 37.3 Å². The van der Waals surface area contributed by atoms with Gasteiger partial charge in [-0.3, -0.25) is 4.79 Å². The number of rotatable bonds is 7. The molecule has 1 aromatic rings. The van der Waals surface area contributed by atoms with Crippen LogP contribution in [0.4, 0.5) is 0 Å². The van der Waals surface area contributed by atoms with Gasteiger partial charge < -0.3 is 15.4 Å². The molecule has 0 saturated carbocycles. The summed E-state index contributed by atoms with van der Waals surface area (Å²) in [5.74, 6) is -0.0555. The van der Waals surface area contributed by atoms with Crippen LogP contribution in [0.15, 0.2) is 30.3 Å². The Hall–Kier alpha value is -1.10. The van der Waals surface area contributed by atoms with Gasteiger partial charge in [0, 0.05) is 19.7 Å². The van der Waals surface area contributed by atoms with Crippen molar-refractivity contribution < 1.29 is 9.53 Å². The minimum Gasteiger partial charge on any atom is -0.383 e. The smallest absolute Gasteiger partial charge is 0.242 e. The van der Waals surface area contributed by atoms with Gasteiger partial charge in [-0.15, -0.1) is 12.4 Å². The van der Waals surface area contributed by atoms with Crippen LogP contribution in [0.2, 0.25) is 0 Å². The lowest BCUT2D eigenvalue weighted by Gasteiger charge is -2.31. The molecule has 1 rings (SSSR count). The van der Waals surface area contributed by atoms with Crippen LogP contribution < -0.4 is 5.73 Å². The summed E-state index contributed by atoms with van der Waals surface area (Å²) in [6, 6.07) is 9.52. The number of nitrogens with two attached hydrogens (primary N) is 1. The van der Waals surface area contributed by atoms with Crippen molar-refractivity contribution in [2.24, 2.45) is 5.73 Å². The number of hydrogen-bond acceptors (Lipinski definition) is 3. The van der Waals surface area contributed by atoms with E-state index in [4.69, 9.17) is 10.5 Å². The summed E-state index contributed by atoms with van der Waals surface area (Å²) >= 11 is 0. The molecule has 0 aliphatic carbocycles. The van der Waals surface area contributed by atoms with Gasteiger partial charge in [0.05, 0.1) is 6.61 Å². The molecule has 0 fully saturated rings. The minimum atomic E-state index is -0.595. The summed E-state index contributed by atoms with van der Waals surface area (Å²) in [5, 5.41) is 0. The second kappa shape index (κ2) is 9.75. The van der Waals surface area contributed by atoms with Gasteiger partial charge in [0.25, 0.3) is 0 Å². The third kappa shape index (κ3) is 5.49. The second-order valence-electron chi connectivity index (χ2n) is 4.77. The maximum Gasteiger partial charge on any atom is 0.242 e. The highest BCUT2D eigenvalue weighted by atomic mass is 35.5. The first kappa shape index (κ1) is 18.9. The number of carbonyl (C=O) groups excluding carboxylic acids is 1. The number of halogens is 1. The number of nitrogens with zero attached hydrogens (tertiary/aromatic N) is 1. The summed E-state index contributed by atoms with van der Waals surface area (Å²) in [5.41, 5.74) is 6.97. The largest absolute Gasteiger partial charge is 0.383 e. The van der Waals surface area contributed by atoms with Crippen LogP contribution in [0, 0.1) is 0 Å². The molecule has 2 N–H and O–H groups in total. The van der Waals surface area contributed by atoms with E-state index in [2.05, 4.69) is 6.92 Å². The Bertz CT molecular complexity index is 387. The quantitative estimate of drug-likeness (QED) is 0.840. The van der Waals surface area contributed by atoms with E-state index in [0.717, 1.165) is 12.0 Å². The molecule has 1 amide bonds. The van der Waals surface area contributed by atoms with E-state index < -0.39 is 6.04 Å². The molecule has 4 nitrogen and oxygen atoms in total. The van der Waals surface area contributed by atoms with Gasteiger partial charge in [0.1, 0.15) is 6.04 Å². The fraction of sp³-hybridized carbons (Fsp3) is 0.533. The summed E-state index contributed by atoms with van der Waals surface area (Å²) in [7, 11) is 1.55. The van der Waals surface area contributed by atoms with E-state index in [0.29, 0.717) is 6.54 Å². The second-order valence-corrected chi connectivity index (χ2v) is 4.77. The predicted octanol–water partition coefficient (Wildman–Crippen LogP) is 2.21. The Balaban J connectivity index is 0.00000361. The van der Waals surface area contributed by atoms with E-state index in [1.807, 2.05) is 42.2 Å². The zero-order chi connectivity index (χ0) is 14.3. The van der Waals surface area contributed by atoms with Gasteiger partial charge in [0.2, 0.25) is 5.91 Å². The first-order valence-electron chi connectivity index (χ1n) is 6.69. The van der Waals surface area contributed by atoms with Crippen LogP contribution in [-0.2, 0) is 16.1 Å². The van der Waals surface area contributed by atoms with Gasteiger partial charge >= 0.3 is 0 Å². The molecule has 0 saturated heterocycles. The van der Waals surface area contributed by atoms with Crippen molar-refractivity contribution >= 4 is 18.3 Å². The first-order valence-corrected chi connectivity index (χ1v) is 6.69. The lowest BCUT2D eigenvalue weighted by Crippen LogP contribution is -2.49. The molecule has 114 valence electrons. The zero-order valence-electron chi connectivity index (χ0n) is 12.4. The van der Waals surface area contributed by atoms with Crippen molar-refractivity contribution in [1.29, 1.82) is 0 Å². The number of benzene rings is 1. The molecule has 2 unspecified atom stereocenters. The first-order chi connectivity index (χ1) is 9.10. The summed E-state index contributed by atoms with van der Waals surface area (Å²) in [6.45, 7) is 4.95. The standard InChI is InChI=1S/C15H24N2O2.ClH/c1-4-12(2)17(15(18)14(16)11-19-3)10-13-8-6-5-7-9-13;/h5-9,12,14H,4,10-11,16H2,1-3H3;1H. The number of methoxy groups -OCH3 is 1. The van der Waals surface area contributed by atoms with Crippen molar-refractivity contribution in [3.63, 3.8) is 0 Å². The Morgan fingerprint density at radius 3 is 2.45 bits per heavy atom. The highest BCUT2D eigenvalue weighted by molar-refractivity contribution is 5.85. The van der Waals surface area contributed by atoms with Crippen molar-refractivity contribution in [3.05, 3.63) is 35.9 Å². The van der Waals surface area contributed by atoms with Gasteiger partial charge in [-0.05, 0) is 18.9 Å². The fourth-order valence-corrected chi connectivity index (χ4v) is 1.92. The molecule has 0 aliphatic heterocycles. The Morgan fingerprint density at radius 1 is 1.35 bits per heavy atom. The summed E-state index contributed by atoms with van der Waals surface area (Å²) in [4.78, 5) is 14.2. The molecule has 1 aromatic carbocycles. The van der Waals surface area contributed by atoms with Gasteiger partial charge in [-0.2, -0.15) is 0 Å². The maximum absolute atomic E-state index is 12.4. The van der Waals surface area contributed by atoms with Crippen molar-refractivity contribution in [3.8, 4) is 0 Å². The van der Waals surface area contributed by atoms with Crippen LogP contribution >= 0.6 is 12.4 Å². The van der Waals surface area contributed by atoms with Crippen LogP contribution in [0.3, 0.4) is 0 Å². The highest BCUT2D eigenvalue weighted by Gasteiger charge is 2.24. The molecule has 0 aliphatic rings. The Labute approximate surface area is 127 Å². The lowest BCUT2D eigenvalue weighted by atomic mass is 10.1. The number of carbonyl (C=O) groups is 1. The lowest BCUT2D eigenvalue weighted by molar-refractivity contribution is -0.136. The molecule has 5 heteroatoms. The normalized spacial score (nSPS) is 13.2. The summed E-state index contributed by atoms with van der Waals surface area (Å²) in [6.07, 6.45) is 0.901. The topological polar surface area (TPSA) is 55.6 Å². The molecule has 0 aromatic heterocycles. The Kier molecular flexibility index (Phi) is 9.21. The van der Waals surface area contributed by atoms with Crippen molar-refractivity contribution in [2.75, 3.05) is 13.7 Å². The van der Waals surface area contributed by atoms with Gasteiger partial charge in [0.15, 0.2) is 0 Å². The number of amides is 1. The summed E-state index contributed by atoms with van der Waals surface area (Å²) < 4.78 is 4.97. The highest BCUT2D eigenvalue weighted by Crippen LogP contribution is 2.12. The predicted molar refractivity (Wildman–Crippen MR) is 83.8 cm³/mol. The molecule has 0 spiro atoms. The van der Waals surface area contributed by atoms with E-state index in [-0.39, 0.29) is 31.0 Å². The molecule has 20 heavy (non-hydrogen) atoms. The molecule has 2 atom stereocenters. The van der Waals surface area contributed by atoms with E-state index >= 15 is 0 Å². The van der Waals surface area contributed by atoms with Crippen LogP contribution in [0.5, 0.6) is 0 Å². The van der Waals surface area contributed by atoms with E-state index in [9.17, 15) is 4.79 Å². The monoisotopic (exact) mass is 300 g/mol.